The third-order valence-corrected chi connectivity index (χ3v) is 4.66. The highest BCUT2D eigenvalue weighted by Gasteiger charge is 2.14. The fraction of sp³-hybridized carbons (Fsp3) is 0.350. The number of benzene rings is 2. The first-order valence-corrected chi connectivity index (χ1v) is 8.57. The van der Waals surface area contributed by atoms with Crippen LogP contribution in [0.2, 0.25) is 0 Å². The van der Waals surface area contributed by atoms with Crippen LogP contribution in [0.4, 0.5) is 5.69 Å². The zero-order valence-electron chi connectivity index (χ0n) is 14.2. The Kier molecular flexibility index (Phi) is 5.16. The lowest BCUT2D eigenvalue weighted by Crippen LogP contribution is -2.25. The highest BCUT2D eigenvalue weighted by molar-refractivity contribution is 5.96. The second kappa shape index (κ2) is 7.49. The standard InChI is InChI=1S/C20H25N3O/c1-15-8-9-18(21)12-19(15)20(24)22-13-16-6-2-3-7-17(16)14-23-10-4-5-11-23/h2-3,6-9,12H,4-5,10-11,13-14,21H2,1H3,(H,22,24). The molecule has 4 heteroatoms. The number of nitrogens with zero attached hydrogens (tertiary/aromatic N) is 1. The third-order valence-electron chi connectivity index (χ3n) is 4.66. The monoisotopic (exact) mass is 323 g/mol. The number of nitrogens with two attached hydrogens (primary N) is 1. The molecule has 0 radical (unpaired) electrons. The lowest BCUT2D eigenvalue weighted by Gasteiger charge is -2.18. The molecule has 1 aliphatic heterocycles. The van der Waals surface area contributed by atoms with E-state index in [1.54, 1.807) is 6.07 Å². The normalized spacial score (nSPS) is 14.7. The van der Waals surface area contributed by atoms with Gasteiger partial charge in [0.25, 0.3) is 5.91 Å². The predicted molar refractivity (Wildman–Crippen MR) is 97.7 cm³/mol. The summed E-state index contributed by atoms with van der Waals surface area (Å²) >= 11 is 0. The quantitative estimate of drug-likeness (QED) is 0.831. The van der Waals surface area contributed by atoms with Crippen LogP contribution in [-0.4, -0.2) is 23.9 Å². The molecule has 4 nitrogen and oxygen atoms in total. The zero-order chi connectivity index (χ0) is 16.9. The van der Waals surface area contributed by atoms with Crippen LogP contribution in [0, 0.1) is 6.92 Å². The molecule has 0 spiro atoms. The third kappa shape index (κ3) is 3.95. The van der Waals surface area contributed by atoms with Crippen molar-refractivity contribution in [1.82, 2.24) is 10.2 Å². The number of rotatable bonds is 5. The molecule has 1 aliphatic rings. The van der Waals surface area contributed by atoms with Crippen LogP contribution in [0.5, 0.6) is 0 Å². The van der Waals surface area contributed by atoms with Crippen molar-refractivity contribution in [3.63, 3.8) is 0 Å². The Morgan fingerprint density at radius 1 is 1.12 bits per heavy atom. The summed E-state index contributed by atoms with van der Waals surface area (Å²) in [6, 6.07) is 13.8. The van der Waals surface area contributed by atoms with E-state index in [4.69, 9.17) is 5.73 Å². The molecule has 0 saturated carbocycles. The van der Waals surface area contributed by atoms with E-state index in [0.717, 1.165) is 12.1 Å². The molecular formula is C20H25N3O. The SMILES string of the molecule is Cc1ccc(N)cc1C(=O)NCc1ccccc1CN1CCCC1. The van der Waals surface area contributed by atoms with Crippen LogP contribution in [0.25, 0.3) is 0 Å². The summed E-state index contributed by atoms with van der Waals surface area (Å²) in [5.41, 5.74) is 10.5. The number of anilines is 1. The van der Waals surface area contributed by atoms with E-state index in [9.17, 15) is 4.79 Å². The number of aryl methyl sites for hydroxylation is 1. The molecule has 3 N–H and O–H groups in total. The summed E-state index contributed by atoms with van der Waals surface area (Å²) in [4.78, 5) is 14.9. The van der Waals surface area contributed by atoms with Crippen molar-refractivity contribution >= 4 is 11.6 Å². The van der Waals surface area contributed by atoms with E-state index in [-0.39, 0.29) is 5.91 Å². The van der Waals surface area contributed by atoms with E-state index in [0.29, 0.717) is 17.8 Å². The van der Waals surface area contributed by atoms with E-state index in [2.05, 4.69) is 28.4 Å². The summed E-state index contributed by atoms with van der Waals surface area (Å²) in [5, 5.41) is 3.04. The van der Waals surface area contributed by atoms with Gasteiger partial charge in [-0.3, -0.25) is 9.69 Å². The van der Waals surface area contributed by atoms with Crippen molar-refractivity contribution in [2.75, 3.05) is 18.8 Å². The Balaban J connectivity index is 1.67. The van der Waals surface area contributed by atoms with Gasteiger partial charge >= 0.3 is 0 Å². The first-order chi connectivity index (χ1) is 11.6. The summed E-state index contributed by atoms with van der Waals surface area (Å²) in [5.74, 6) is -0.0734. The van der Waals surface area contributed by atoms with Crippen molar-refractivity contribution in [3.05, 3.63) is 64.7 Å². The topological polar surface area (TPSA) is 58.4 Å². The van der Waals surface area contributed by atoms with Crippen molar-refractivity contribution in [2.45, 2.75) is 32.9 Å². The van der Waals surface area contributed by atoms with Crippen LogP contribution in [0.1, 0.15) is 39.9 Å². The first kappa shape index (κ1) is 16.5. The second-order valence-electron chi connectivity index (χ2n) is 6.51. The minimum atomic E-state index is -0.0734. The summed E-state index contributed by atoms with van der Waals surface area (Å²) in [6.45, 7) is 5.77. The van der Waals surface area contributed by atoms with Gasteiger partial charge in [-0.1, -0.05) is 30.3 Å². The molecule has 0 atom stereocenters. The van der Waals surface area contributed by atoms with Crippen molar-refractivity contribution in [3.8, 4) is 0 Å². The molecule has 1 saturated heterocycles. The number of nitrogen functional groups attached to an aromatic ring is 1. The average molecular weight is 323 g/mol. The maximum Gasteiger partial charge on any atom is 0.251 e. The number of carbonyl (C=O) groups excluding carboxylic acids is 1. The summed E-state index contributed by atoms with van der Waals surface area (Å²) < 4.78 is 0. The molecular weight excluding hydrogens is 298 g/mol. The van der Waals surface area contributed by atoms with Crippen LogP contribution in [0.3, 0.4) is 0 Å². The molecule has 0 bridgehead atoms. The number of hydrogen-bond acceptors (Lipinski definition) is 3. The maximum atomic E-state index is 12.5. The van der Waals surface area contributed by atoms with E-state index < -0.39 is 0 Å². The molecule has 1 fully saturated rings. The van der Waals surface area contributed by atoms with Crippen molar-refractivity contribution in [2.24, 2.45) is 0 Å². The minimum absolute atomic E-state index is 0.0734. The Morgan fingerprint density at radius 3 is 2.58 bits per heavy atom. The van der Waals surface area contributed by atoms with Crippen molar-refractivity contribution < 1.29 is 4.79 Å². The van der Waals surface area contributed by atoms with Crippen LogP contribution >= 0.6 is 0 Å². The molecule has 3 rings (SSSR count). The fourth-order valence-electron chi connectivity index (χ4n) is 3.22. The number of hydrogen-bond donors (Lipinski definition) is 2. The number of nitrogens with one attached hydrogen (secondary N) is 1. The Bertz CT molecular complexity index is 721. The van der Waals surface area contributed by atoms with Gasteiger partial charge in [0.05, 0.1) is 0 Å². The van der Waals surface area contributed by atoms with Gasteiger partial charge in [-0.2, -0.15) is 0 Å². The Morgan fingerprint density at radius 2 is 1.83 bits per heavy atom. The van der Waals surface area contributed by atoms with Gasteiger partial charge < -0.3 is 11.1 Å². The molecule has 1 amide bonds. The van der Waals surface area contributed by atoms with Gasteiger partial charge in [0.15, 0.2) is 0 Å². The van der Waals surface area contributed by atoms with Crippen molar-refractivity contribution in [1.29, 1.82) is 0 Å². The lowest BCUT2D eigenvalue weighted by atomic mass is 10.1. The van der Waals surface area contributed by atoms with Gasteiger partial charge in [0.2, 0.25) is 0 Å². The van der Waals surface area contributed by atoms with Gasteiger partial charge in [0.1, 0.15) is 0 Å². The van der Waals surface area contributed by atoms with Crippen LogP contribution in [-0.2, 0) is 13.1 Å². The number of carbonyl (C=O) groups is 1. The van der Waals surface area contributed by atoms with E-state index >= 15 is 0 Å². The smallest absolute Gasteiger partial charge is 0.251 e. The molecule has 0 aliphatic carbocycles. The Hall–Kier alpha value is -2.33. The number of amides is 1. The first-order valence-electron chi connectivity index (χ1n) is 8.57. The molecule has 0 aromatic heterocycles. The second-order valence-corrected chi connectivity index (χ2v) is 6.51. The van der Waals surface area contributed by atoms with Crippen LogP contribution < -0.4 is 11.1 Å². The van der Waals surface area contributed by atoms with E-state index in [1.165, 1.54) is 37.1 Å². The molecule has 0 unspecified atom stereocenters. The summed E-state index contributed by atoms with van der Waals surface area (Å²) in [6.07, 6.45) is 2.57. The molecule has 126 valence electrons. The highest BCUT2D eigenvalue weighted by Crippen LogP contribution is 2.17. The maximum absolute atomic E-state index is 12.5. The highest BCUT2D eigenvalue weighted by atomic mass is 16.1. The zero-order valence-corrected chi connectivity index (χ0v) is 14.2. The average Bonchev–Trinajstić information content (AvgIpc) is 3.09. The molecule has 2 aromatic rings. The fourth-order valence-corrected chi connectivity index (χ4v) is 3.22. The van der Waals surface area contributed by atoms with Gasteiger partial charge in [-0.05, 0) is 61.7 Å². The van der Waals surface area contributed by atoms with Crippen LogP contribution in [0.15, 0.2) is 42.5 Å². The van der Waals surface area contributed by atoms with Gasteiger partial charge in [0, 0.05) is 24.3 Å². The number of likely N-dealkylation sites (tertiary alicyclic amines) is 1. The molecule has 24 heavy (non-hydrogen) atoms. The summed E-state index contributed by atoms with van der Waals surface area (Å²) in [7, 11) is 0. The predicted octanol–water partition coefficient (Wildman–Crippen LogP) is 3.10. The molecule has 1 heterocycles. The van der Waals surface area contributed by atoms with E-state index in [1.807, 2.05) is 25.1 Å². The Labute approximate surface area is 143 Å². The largest absolute Gasteiger partial charge is 0.399 e. The molecule has 2 aromatic carbocycles. The van der Waals surface area contributed by atoms with Gasteiger partial charge in [-0.25, -0.2) is 0 Å². The minimum Gasteiger partial charge on any atom is -0.399 e. The lowest BCUT2D eigenvalue weighted by molar-refractivity contribution is 0.0950. The van der Waals surface area contributed by atoms with Gasteiger partial charge in [-0.15, -0.1) is 0 Å².